The topological polar surface area (TPSA) is 72.7 Å². The number of nitrogens with zero attached hydrogens (tertiary/aromatic N) is 1. The van der Waals surface area contributed by atoms with Gasteiger partial charge in [0.1, 0.15) is 11.7 Å². The van der Waals surface area contributed by atoms with Crippen LogP contribution in [0.15, 0.2) is 30.3 Å². The zero-order valence-electron chi connectivity index (χ0n) is 20.7. The van der Waals surface area contributed by atoms with Gasteiger partial charge < -0.3 is 9.47 Å². The van der Waals surface area contributed by atoms with Gasteiger partial charge in [-0.05, 0) is 56.9 Å². The number of ketones is 1. The van der Waals surface area contributed by atoms with E-state index in [4.69, 9.17) is 9.47 Å². The molecule has 0 N–H and O–H groups in total. The third-order valence-corrected chi connectivity index (χ3v) is 7.83. The van der Waals surface area contributed by atoms with Crippen molar-refractivity contribution in [2.75, 3.05) is 0 Å². The summed E-state index contributed by atoms with van der Waals surface area (Å²) in [4.78, 5) is 40.6. The van der Waals surface area contributed by atoms with Crippen molar-refractivity contribution >= 4 is 17.8 Å². The first-order valence-electron chi connectivity index (χ1n) is 12.2. The average Bonchev–Trinajstić information content (AvgIpc) is 3.31. The van der Waals surface area contributed by atoms with Gasteiger partial charge in [0.25, 0.3) is 0 Å². The van der Waals surface area contributed by atoms with Gasteiger partial charge in [0, 0.05) is 12.3 Å². The molecule has 1 aromatic carbocycles. The summed E-state index contributed by atoms with van der Waals surface area (Å²) in [6, 6.07) is 9.87. The van der Waals surface area contributed by atoms with Crippen LogP contribution in [0.1, 0.15) is 79.2 Å². The van der Waals surface area contributed by atoms with Crippen LogP contribution < -0.4 is 0 Å². The van der Waals surface area contributed by atoms with Gasteiger partial charge in [-0.1, -0.05) is 57.5 Å². The van der Waals surface area contributed by atoms with Crippen molar-refractivity contribution in [2.45, 2.75) is 102 Å². The molecular weight excluding hydrogens is 418 g/mol. The molecule has 1 aliphatic heterocycles. The molecule has 2 aliphatic carbocycles. The number of carbonyl (C=O) groups is 3. The third-order valence-electron chi connectivity index (χ3n) is 7.83. The Morgan fingerprint density at radius 3 is 2.33 bits per heavy atom. The fraction of sp³-hybridized carbons (Fsp3) is 0.667. The number of hydrogen-bond donors (Lipinski definition) is 0. The van der Waals surface area contributed by atoms with E-state index in [1.807, 2.05) is 18.2 Å². The fourth-order valence-corrected chi connectivity index (χ4v) is 5.99. The Bertz CT molecular complexity index is 934. The Labute approximate surface area is 197 Å². The molecule has 0 radical (unpaired) electrons. The Balaban J connectivity index is 1.57. The van der Waals surface area contributed by atoms with Gasteiger partial charge in [0.2, 0.25) is 5.54 Å². The molecule has 1 aromatic rings. The van der Waals surface area contributed by atoms with Crippen LogP contribution >= 0.6 is 0 Å². The lowest BCUT2D eigenvalue weighted by Crippen LogP contribution is -2.48. The molecule has 3 fully saturated rings. The van der Waals surface area contributed by atoms with E-state index >= 15 is 0 Å². The molecule has 1 amide bonds. The van der Waals surface area contributed by atoms with Gasteiger partial charge in [-0.3, -0.25) is 9.69 Å². The van der Waals surface area contributed by atoms with Gasteiger partial charge in [-0.2, -0.15) is 0 Å². The summed E-state index contributed by atoms with van der Waals surface area (Å²) < 4.78 is 11.7. The predicted molar refractivity (Wildman–Crippen MR) is 125 cm³/mol. The van der Waals surface area contributed by atoms with Crippen LogP contribution in [-0.2, 0) is 24.5 Å². The first-order valence-corrected chi connectivity index (χ1v) is 12.2. The molecule has 4 rings (SSSR count). The molecule has 1 heterocycles. The molecule has 5 atom stereocenters. The zero-order chi connectivity index (χ0) is 24.2. The highest BCUT2D eigenvalue weighted by molar-refractivity contribution is 6.18. The van der Waals surface area contributed by atoms with Gasteiger partial charge in [0.05, 0.1) is 6.04 Å². The number of rotatable bonds is 4. The van der Waals surface area contributed by atoms with E-state index in [0.29, 0.717) is 18.8 Å². The summed E-state index contributed by atoms with van der Waals surface area (Å²) in [5.74, 6) is -0.251. The van der Waals surface area contributed by atoms with Gasteiger partial charge in [0.15, 0.2) is 5.78 Å². The number of carbonyl (C=O) groups excluding carboxylic acids is 3. The van der Waals surface area contributed by atoms with Gasteiger partial charge in [-0.25, -0.2) is 9.59 Å². The van der Waals surface area contributed by atoms with Crippen LogP contribution in [-0.4, -0.2) is 46.0 Å². The van der Waals surface area contributed by atoms with E-state index in [2.05, 4.69) is 32.9 Å². The van der Waals surface area contributed by atoms with Crippen LogP contribution in [0.2, 0.25) is 0 Å². The highest BCUT2D eigenvalue weighted by Gasteiger charge is 2.79. The first kappa shape index (κ1) is 23.8. The lowest BCUT2D eigenvalue weighted by Gasteiger charge is -2.44. The minimum absolute atomic E-state index is 0.125. The minimum Gasteiger partial charge on any atom is -0.460 e. The average molecular weight is 456 g/mol. The summed E-state index contributed by atoms with van der Waals surface area (Å²) in [7, 11) is 0. The van der Waals surface area contributed by atoms with Crippen molar-refractivity contribution in [1.82, 2.24) is 4.90 Å². The van der Waals surface area contributed by atoms with Crippen LogP contribution in [0.3, 0.4) is 0 Å². The van der Waals surface area contributed by atoms with E-state index in [9.17, 15) is 14.4 Å². The van der Waals surface area contributed by atoms with Crippen molar-refractivity contribution in [1.29, 1.82) is 0 Å². The second-order valence-electron chi connectivity index (χ2n) is 11.7. The predicted octanol–water partition coefficient (Wildman–Crippen LogP) is 5.03. The number of fused-ring (bicyclic) bond motifs is 1. The maximum Gasteiger partial charge on any atom is 0.412 e. The molecule has 2 saturated carbocycles. The molecular formula is C27H37NO5. The second kappa shape index (κ2) is 8.14. The number of esters is 1. The summed E-state index contributed by atoms with van der Waals surface area (Å²) in [5, 5.41) is 0. The van der Waals surface area contributed by atoms with Gasteiger partial charge in [-0.15, -0.1) is 0 Å². The van der Waals surface area contributed by atoms with Crippen molar-refractivity contribution in [3.05, 3.63) is 35.9 Å². The van der Waals surface area contributed by atoms with Crippen molar-refractivity contribution < 1.29 is 23.9 Å². The first-order chi connectivity index (χ1) is 15.4. The monoisotopic (exact) mass is 455 g/mol. The van der Waals surface area contributed by atoms with Crippen molar-refractivity contribution in [2.24, 2.45) is 11.8 Å². The molecule has 0 aromatic heterocycles. The normalized spacial score (nSPS) is 31.7. The summed E-state index contributed by atoms with van der Waals surface area (Å²) >= 11 is 0. The Morgan fingerprint density at radius 2 is 1.70 bits per heavy atom. The summed E-state index contributed by atoms with van der Waals surface area (Å²) in [6.07, 6.45) is 2.63. The summed E-state index contributed by atoms with van der Waals surface area (Å²) in [6.45, 7) is 11.9. The van der Waals surface area contributed by atoms with E-state index in [1.54, 1.807) is 20.8 Å². The Morgan fingerprint density at radius 1 is 1.03 bits per heavy atom. The molecule has 0 spiro atoms. The standard InChI is InChI=1S/C27H37NO5/c1-17-12-13-19(26(5,6)18-10-8-7-9-11-18)20(16-17)32-23(30)27-21(14-15-22(27)29)28(27)24(31)33-25(2,3)4/h7-11,17,19-21H,12-16H2,1-6H3/t17-,19-,20-,21?,27?,28?/m1/s1. The quantitative estimate of drug-likeness (QED) is 0.362. The number of Topliss-reactive ketones (excluding diaryl/α,β-unsaturated/α-hetero) is 1. The highest BCUT2D eigenvalue weighted by atomic mass is 16.6. The smallest absolute Gasteiger partial charge is 0.412 e. The minimum atomic E-state index is -1.50. The van der Waals surface area contributed by atoms with Crippen LogP contribution in [0.25, 0.3) is 0 Å². The van der Waals surface area contributed by atoms with Crippen LogP contribution in [0, 0.1) is 11.8 Å². The molecule has 6 heteroatoms. The lowest BCUT2D eigenvalue weighted by atomic mass is 9.64. The Kier molecular flexibility index (Phi) is 5.86. The van der Waals surface area contributed by atoms with Crippen molar-refractivity contribution in [3.63, 3.8) is 0 Å². The summed E-state index contributed by atoms with van der Waals surface area (Å²) in [5.41, 5.74) is -1.19. The van der Waals surface area contributed by atoms with Crippen LogP contribution in [0.5, 0.6) is 0 Å². The maximum absolute atomic E-state index is 13.6. The molecule has 2 unspecified atom stereocenters. The highest BCUT2D eigenvalue weighted by Crippen LogP contribution is 2.53. The number of benzene rings is 1. The number of amides is 1. The molecule has 33 heavy (non-hydrogen) atoms. The molecule has 3 aliphatic rings. The number of likely N-dealkylation sites (tertiary alicyclic amines) is 1. The number of hydrogen-bond acceptors (Lipinski definition) is 5. The van der Waals surface area contributed by atoms with E-state index in [0.717, 1.165) is 19.3 Å². The van der Waals surface area contributed by atoms with E-state index < -0.39 is 29.2 Å². The molecule has 180 valence electrons. The van der Waals surface area contributed by atoms with E-state index in [-0.39, 0.29) is 23.2 Å². The Hall–Kier alpha value is -2.37. The number of piperidine rings is 1. The number of ether oxygens (including phenoxy) is 2. The largest absolute Gasteiger partial charge is 0.460 e. The molecule has 0 bridgehead atoms. The second-order valence-corrected chi connectivity index (χ2v) is 11.7. The molecule has 6 nitrogen and oxygen atoms in total. The van der Waals surface area contributed by atoms with E-state index in [1.165, 1.54) is 10.5 Å². The SMILES string of the molecule is C[C@@H]1CC[C@@H](C(C)(C)c2ccccc2)[C@H](OC(=O)C23C(=O)CCC2N3C(=O)OC(C)(C)C)C1. The van der Waals surface area contributed by atoms with Crippen molar-refractivity contribution in [3.8, 4) is 0 Å². The fourth-order valence-electron chi connectivity index (χ4n) is 5.99. The lowest BCUT2D eigenvalue weighted by molar-refractivity contribution is -0.162. The van der Waals surface area contributed by atoms with Crippen LogP contribution in [0.4, 0.5) is 4.79 Å². The molecule has 1 saturated heterocycles. The third kappa shape index (κ3) is 4.06. The zero-order valence-corrected chi connectivity index (χ0v) is 20.7. The van der Waals surface area contributed by atoms with Gasteiger partial charge >= 0.3 is 12.1 Å². The maximum atomic E-state index is 13.6.